The van der Waals surface area contributed by atoms with E-state index in [4.69, 9.17) is 0 Å². The van der Waals surface area contributed by atoms with Gasteiger partial charge < -0.3 is 0 Å². The van der Waals surface area contributed by atoms with Crippen molar-refractivity contribution in [2.45, 2.75) is 19.2 Å². The molecule has 0 radical (unpaired) electrons. The largest absolute Gasteiger partial charge is 0.295 e. The van der Waals surface area contributed by atoms with Crippen LogP contribution < -0.4 is 4.90 Å². The molecular formula is C17H15F2NOS. The number of halogens is 2. The summed E-state index contributed by atoms with van der Waals surface area (Å²) in [6.45, 7) is 3.94. The van der Waals surface area contributed by atoms with Crippen LogP contribution in [0.1, 0.15) is 22.1 Å². The number of carbonyl (C=O) groups is 1. The first-order valence-corrected chi connectivity index (χ1v) is 7.98. The fourth-order valence-corrected chi connectivity index (χ4v) is 3.83. The minimum Gasteiger partial charge on any atom is -0.295 e. The third-order valence-corrected chi connectivity index (χ3v) is 4.92. The monoisotopic (exact) mass is 319 g/mol. The predicted octanol–water partition coefficient (Wildman–Crippen LogP) is 4.36. The predicted molar refractivity (Wildman–Crippen MR) is 85.0 cm³/mol. The van der Waals surface area contributed by atoms with E-state index in [0.717, 1.165) is 22.9 Å². The summed E-state index contributed by atoms with van der Waals surface area (Å²) in [4.78, 5) is 14.0. The number of hydrogen-bond acceptors (Lipinski definition) is 2. The van der Waals surface area contributed by atoms with Crippen LogP contribution in [-0.2, 0) is 4.79 Å². The fourth-order valence-electron chi connectivity index (χ4n) is 2.67. The van der Waals surface area contributed by atoms with E-state index in [2.05, 4.69) is 0 Å². The maximum atomic E-state index is 13.5. The lowest BCUT2D eigenvalue weighted by Gasteiger charge is -2.26. The Bertz CT molecular complexity index is 747. The van der Waals surface area contributed by atoms with E-state index in [-0.39, 0.29) is 11.3 Å². The number of thioether (sulfide) groups is 1. The first-order valence-electron chi connectivity index (χ1n) is 6.93. The van der Waals surface area contributed by atoms with Gasteiger partial charge in [0.2, 0.25) is 5.91 Å². The molecule has 3 rings (SSSR count). The standard InChI is InChI=1S/C17H15F2NOS/c1-10-3-6-15(11(2)7-10)20-16(21)9-22-17(20)12-4-5-13(18)14(19)8-12/h3-8,17H,9H2,1-2H3. The van der Waals surface area contributed by atoms with Crippen molar-refractivity contribution in [1.82, 2.24) is 0 Å². The SMILES string of the molecule is Cc1ccc(N2C(=O)CSC2c2ccc(F)c(F)c2)c(C)c1. The third-order valence-electron chi connectivity index (χ3n) is 3.71. The number of nitrogens with zero attached hydrogens (tertiary/aromatic N) is 1. The highest BCUT2D eigenvalue weighted by molar-refractivity contribution is 8.00. The van der Waals surface area contributed by atoms with Gasteiger partial charge in [-0.3, -0.25) is 9.69 Å². The Kier molecular flexibility index (Phi) is 3.91. The zero-order valence-electron chi connectivity index (χ0n) is 12.3. The molecule has 0 aliphatic carbocycles. The lowest BCUT2D eigenvalue weighted by atomic mass is 10.1. The summed E-state index contributed by atoms with van der Waals surface area (Å²) in [7, 11) is 0. The molecule has 0 saturated carbocycles. The van der Waals surface area contributed by atoms with Gasteiger partial charge in [0.25, 0.3) is 0 Å². The molecule has 1 heterocycles. The van der Waals surface area contributed by atoms with E-state index in [1.807, 2.05) is 32.0 Å². The van der Waals surface area contributed by atoms with Crippen LogP contribution in [0.2, 0.25) is 0 Å². The Balaban J connectivity index is 2.03. The second-order valence-corrected chi connectivity index (χ2v) is 6.46. The van der Waals surface area contributed by atoms with Gasteiger partial charge in [0.05, 0.1) is 5.75 Å². The summed E-state index contributed by atoms with van der Waals surface area (Å²) in [5, 5.41) is -0.330. The Labute approximate surface area is 132 Å². The summed E-state index contributed by atoms with van der Waals surface area (Å²) in [5.74, 6) is -1.46. The van der Waals surface area contributed by atoms with Crippen LogP contribution in [0.15, 0.2) is 36.4 Å². The minimum absolute atomic E-state index is 0.0216. The topological polar surface area (TPSA) is 20.3 Å². The molecule has 1 aliphatic heterocycles. The second kappa shape index (κ2) is 5.72. The van der Waals surface area contributed by atoms with Crippen LogP contribution in [0, 0.1) is 25.5 Å². The Hall–Kier alpha value is -1.88. The van der Waals surface area contributed by atoms with Crippen LogP contribution in [0.5, 0.6) is 0 Å². The van der Waals surface area contributed by atoms with Crippen LogP contribution in [0.4, 0.5) is 14.5 Å². The quantitative estimate of drug-likeness (QED) is 0.820. The highest BCUT2D eigenvalue weighted by Gasteiger charge is 2.35. The van der Waals surface area contributed by atoms with Crippen molar-refractivity contribution in [2.24, 2.45) is 0 Å². The number of aryl methyl sites for hydroxylation is 2. The first kappa shape index (κ1) is 15.0. The summed E-state index contributed by atoms with van der Waals surface area (Å²) in [6, 6.07) is 9.66. The van der Waals surface area contributed by atoms with Gasteiger partial charge in [0.1, 0.15) is 5.37 Å². The van der Waals surface area contributed by atoms with Gasteiger partial charge in [0.15, 0.2) is 11.6 Å². The van der Waals surface area contributed by atoms with Crippen LogP contribution in [-0.4, -0.2) is 11.7 Å². The number of anilines is 1. The number of rotatable bonds is 2. The molecule has 1 aliphatic rings. The molecule has 1 fully saturated rings. The molecule has 0 spiro atoms. The zero-order valence-corrected chi connectivity index (χ0v) is 13.1. The van der Waals surface area contributed by atoms with Crippen molar-refractivity contribution in [3.63, 3.8) is 0 Å². The van der Waals surface area contributed by atoms with E-state index in [1.54, 1.807) is 4.90 Å². The summed E-state index contributed by atoms with van der Waals surface area (Å²) < 4.78 is 26.6. The lowest BCUT2D eigenvalue weighted by Crippen LogP contribution is -2.28. The Morgan fingerprint density at radius 2 is 1.86 bits per heavy atom. The molecule has 2 aromatic rings. The molecule has 1 atom stereocenters. The van der Waals surface area contributed by atoms with Crippen molar-refractivity contribution in [3.05, 3.63) is 64.7 Å². The maximum absolute atomic E-state index is 13.5. The molecule has 0 bridgehead atoms. The van der Waals surface area contributed by atoms with Crippen molar-refractivity contribution in [1.29, 1.82) is 0 Å². The third kappa shape index (κ3) is 2.61. The van der Waals surface area contributed by atoms with Gasteiger partial charge in [0, 0.05) is 5.69 Å². The smallest absolute Gasteiger partial charge is 0.238 e. The van der Waals surface area contributed by atoms with Gasteiger partial charge in [-0.1, -0.05) is 23.8 Å². The highest BCUT2D eigenvalue weighted by Crippen LogP contribution is 2.43. The van der Waals surface area contributed by atoms with Crippen LogP contribution in [0.25, 0.3) is 0 Å². The minimum atomic E-state index is -0.891. The van der Waals surface area contributed by atoms with Gasteiger partial charge in [-0.25, -0.2) is 8.78 Å². The highest BCUT2D eigenvalue weighted by atomic mass is 32.2. The van der Waals surface area contributed by atoms with Gasteiger partial charge in [-0.05, 0) is 43.2 Å². The van der Waals surface area contributed by atoms with E-state index < -0.39 is 11.6 Å². The number of amides is 1. The van der Waals surface area contributed by atoms with E-state index in [0.29, 0.717) is 11.3 Å². The second-order valence-electron chi connectivity index (χ2n) is 5.39. The molecule has 1 amide bonds. The molecule has 114 valence electrons. The molecule has 0 aromatic heterocycles. The van der Waals surface area contributed by atoms with Gasteiger partial charge >= 0.3 is 0 Å². The van der Waals surface area contributed by atoms with Gasteiger partial charge in [-0.15, -0.1) is 11.8 Å². The molecular weight excluding hydrogens is 304 g/mol. The number of benzene rings is 2. The maximum Gasteiger partial charge on any atom is 0.238 e. The lowest BCUT2D eigenvalue weighted by molar-refractivity contribution is -0.115. The molecule has 1 saturated heterocycles. The average molecular weight is 319 g/mol. The van der Waals surface area contributed by atoms with Crippen LogP contribution in [0.3, 0.4) is 0 Å². The van der Waals surface area contributed by atoms with Crippen molar-refractivity contribution in [2.75, 3.05) is 10.7 Å². The number of hydrogen-bond donors (Lipinski definition) is 0. The average Bonchev–Trinajstić information content (AvgIpc) is 2.84. The normalized spacial score (nSPS) is 18.1. The van der Waals surface area contributed by atoms with Crippen LogP contribution >= 0.6 is 11.8 Å². The molecule has 0 N–H and O–H groups in total. The molecule has 2 aromatic carbocycles. The molecule has 5 heteroatoms. The Morgan fingerprint density at radius 1 is 1.09 bits per heavy atom. The Morgan fingerprint density at radius 3 is 2.55 bits per heavy atom. The number of carbonyl (C=O) groups excluding carboxylic acids is 1. The van der Waals surface area contributed by atoms with E-state index >= 15 is 0 Å². The first-order chi connectivity index (χ1) is 10.5. The van der Waals surface area contributed by atoms with Crippen molar-refractivity contribution >= 4 is 23.4 Å². The summed E-state index contributed by atoms with van der Waals surface area (Å²) in [5.41, 5.74) is 3.51. The summed E-state index contributed by atoms with van der Waals surface area (Å²) in [6.07, 6.45) is 0. The van der Waals surface area contributed by atoms with E-state index in [9.17, 15) is 13.6 Å². The van der Waals surface area contributed by atoms with Crippen molar-refractivity contribution in [3.8, 4) is 0 Å². The molecule has 1 unspecified atom stereocenters. The molecule has 22 heavy (non-hydrogen) atoms. The van der Waals surface area contributed by atoms with Gasteiger partial charge in [-0.2, -0.15) is 0 Å². The molecule has 2 nitrogen and oxygen atoms in total. The van der Waals surface area contributed by atoms with E-state index in [1.165, 1.54) is 23.9 Å². The summed E-state index contributed by atoms with van der Waals surface area (Å²) >= 11 is 1.42. The van der Waals surface area contributed by atoms with Crippen molar-refractivity contribution < 1.29 is 13.6 Å². The zero-order chi connectivity index (χ0) is 15.9. The fraction of sp³-hybridized carbons (Fsp3) is 0.235.